The van der Waals surface area contributed by atoms with Gasteiger partial charge < -0.3 is 9.47 Å². The molecule has 3 saturated heterocycles. The van der Waals surface area contributed by atoms with Crippen molar-refractivity contribution in [3.63, 3.8) is 0 Å². The predicted octanol–water partition coefficient (Wildman–Crippen LogP) is 2.52. The number of amides is 2. The first-order chi connectivity index (χ1) is 16.0. The van der Waals surface area contributed by atoms with Gasteiger partial charge in [0.1, 0.15) is 18.0 Å². The van der Waals surface area contributed by atoms with Crippen LogP contribution >= 0.6 is 0 Å². The third-order valence-corrected chi connectivity index (χ3v) is 7.70. The first-order valence-corrected chi connectivity index (χ1v) is 12.2. The molecule has 2 saturated carbocycles. The summed E-state index contributed by atoms with van der Waals surface area (Å²) in [6.07, 6.45) is 5.99. The fourth-order valence-corrected chi connectivity index (χ4v) is 6.11. The molecule has 3 heterocycles. The lowest BCUT2D eigenvalue weighted by Crippen LogP contribution is -2.70. The summed E-state index contributed by atoms with van der Waals surface area (Å²) in [6.45, 7) is 4.04. The molecule has 0 aromatic heterocycles. The molecule has 5 aliphatic rings. The summed E-state index contributed by atoms with van der Waals surface area (Å²) < 4.78 is 11.4. The van der Waals surface area contributed by atoms with Gasteiger partial charge in [-0.15, -0.1) is 0 Å². The largest absolute Gasteiger partial charge is 0.462 e. The van der Waals surface area contributed by atoms with Crippen molar-refractivity contribution < 1.29 is 38.2 Å². The fourth-order valence-electron chi connectivity index (χ4n) is 6.11. The SMILES string of the molecule is CC(=O)C1C(=O)OC2CCC(CC2)CC2CCC(CC2)OC(=O)[C@@]1(C(C)=O)N(C(C)=O)C(C)=O. The van der Waals surface area contributed by atoms with Crippen LogP contribution in [0.3, 0.4) is 0 Å². The van der Waals surface area contributed by atoms with Gasteiger partial charge in [-0.1, -0.05) is 0 Å². The normalized spacial score (nSPS) is 34.3. The highest BCUT2D eigenvalue weighted by Crippen LogP contribution is 2.39. The Morgan fingerprint density at radius 2 is 1.18 bits per heavy atom. The molecular weight excluding hydrogens is 442 g/mol. The van der Waals surface area contributed by atoms with Crippen molar-refractivity contribution in [2.24, 2.45) is 17.8 Å². The maximum absolute atomic E-state index is 13.7. The molecule has 0 aromatic carbocycles. The summed E-state index contributed by atoms with van der Waals surface area (Å²) in [7, 11) is 0. The molecular formula is C25H35NO8. The molecule has 34 heavy (non-hydrogen) atoms. The van der Waals surface area contributed by atoms with E-state index < -0.39 is 59.0 Å². The summed E-state index contributed by atoms with van der Waals surface area (Å²) in [6, 6.07) is 0. The standard InChI is InChI=1S/C25H35NO8/c1-14(27)22-23(31)33-20-9-5-18(6-10-20)13-19-7-11-21(12-8-19)34-24(32)25(22,15(2)28)26(16(3)29)17(4)30/h18-22H,5-13H2,1-4H3/t18?,19?,20?,21?,22?,25-/m0/s1. The number of fused-ring (bicyclic) bond motifs is 2. The van der Waals surface area contributed by atoms with E-state index in [2.05, 4.69) is 0 Å². The molecule has 5 rings (SSSR count). The summed E-state index contributed by atoms with van der Waals surface area (Å²) in [5.41, 5.74) is -2.76. The van der Waals surface area contributed by atoms with Crippen molar-refractivity contribution >= 4 is 35.3 Å². The zero-order chi connectivity index (χ0) is 25.2. The van der Waals surface area contributed by atoms with E-state index in [0.717, 1.165) is 59.8 Å². The molecule has 9 nitrogen and oxygen atoms in total. The topological polar surface area (TPSA) is 124 Å². The molecule has 2 aliphatic carbocycles. The summed E-state index contributed by atoms with van der Waals surface area (Å²) in [5.74, 6) is -7.02. The number of hydrogen-bond acceptors (Lipinski definition) is 8. The van der Waals surface area contributed by atoms with E-state index in [1.807, 2.05) is 0 Å². The Hall–Kier alpha value is -2.58. The number of Topliss-reactive ketones (excluding diaryl/α,β-unsaturated/α-hetero) is 2. The highest BCUT2D eigenvalue weighted by molar-refractivity contribution is 6.21. The Morgan fingerprint density at radius 1 is 0.735 bits per heavy atom. The molecule has 0 N–H and O–H groups in total. The number of esters is 2. The molecule has 3 aliphatic heterocycles. The van der Waals surface area contributed by atoms with Gasteiger partial charge in [0.2, 0.25) is 17.4 Å². The van der Waals surface area contributed by atoms with Gasteiger partial charge in [-0.2, -0.15) is 0 Å². The quantitative estimate of drug-likeness (QED) is 0.449. The fraction of sp³-hybridized carbons (Fsp3) is 0.760. The van der Waals surface area contributed by atoms with Crippen molar-refractivity contribution in [1.82, 2.24) is 4.90 Å². The average molecular weight is 478 g/mol. The van der Waals surface area contributed by atoms with E-state index in [0.29, 0.717) is 42.4 Å². The van der Waals surface area contributed by atoms with Gasteiger partial charge in [-0.3, -0.25) is 28.9 Å². The van der Waals surface area contributed by atoms with Gasteiger partial charge in [-0.25, -0.2) is 4.79 Å². The van der Waals surface area contributed by atoms with Crippen molar-refractivity contribution in [1.29, 1.82) is 0 Å². The van der Waals surface area contributed by atoms with E-state index in [-0.39, 0.29) is 0 Å². The van der Waals surface area contributed by atoms with Crippen LogP contribution in [0.1, 0.15) is 85.5 Å². The van der Waals surface area contributed by atoms with E-state index in [1.54, 1.807) is 0 Å². The lowest BCUT2D eigenvalue weighted by atomic mass is 9.76. The smallest absolute Gasteiger partial charge is 0.342 e. The van der Waals surface area contributed by atoms with Crippen molar-refractivity contribution in [2.75, 3.05) is 0 Å². The number of carbonyl (C=O) groups excluding carboxylic acids is 6. The number of carbonyl (C=O) groups is 6. The molecule has 4 bridgehead atoms. The van der Waals surface area contributed by atoms with Gasteiger partial charge in [-0.05, 0) is 83.5 Å². The van der Waals surface area contributed by atoms with E-state index in [4.69, 9.17) is 9.47 Å². The third-order valence-electron chi connectivity index (χ3n) is 7.70. The van der Waals surface area contributed by atoms with Crippen molar-refractivity contribution in [2.45, 2.75) is 103 Å². The molecule has 2 atom stereocenters. The minimum atomic E-state index is -2.76. The van der Waals surface area contributed by atoms with Crippen LogP contribution in [-0.2, 0) is 38.2 Å². The molecule has 1 unspecified atom stereocenters. The second kappa shape index (κ2) is 10.4. The lowest BCUT2D eigenvalue weighted by Gasteiger charge is -2.42. The molecule has 0 radical (unpaired) electrons. The number of hydrogen-bond donors (Lipinski definition) is 0. The Labute approximate surface area is 199 Å². The van der Waals surface area contributed by atoms with Crippen LogP contribution in [-0.4, -0.2) is 58.0 Å². The number of rotatable bonds is 3. The Bertz CT molecular complexity index is 852. The van der Waals surface area contributed by atoms with Crippen LogP contribution in [0.25, 0.3) is 0 Å². The zero-order valence-corrected chi connectivity index (χ0v) is 20.5. The zero-order valence-electron chi connectivity index (χ0n) is 20.5. The summed E-state index contributed by atoms with van der Waals surface area (Å²) in [4.78, 5) is 78.8. The van der Waals surface area contributed by atoms with Gasteiger partial charge in [0.05, 0.1) is 0 Å². The van der Waals surface area contributed by atoms with Gasteiger partial charge in [0.15, 0.2) is 11.7 Å². The highest BCUT2D eigenvalue weighted by Gasteiger charge is 2.64. The average Bonchev–Trinajstić information content (AvgIpc) is 2.74. The number of ether oxygens (including phenoxy) is 2. The van der Waals surface area contributed by atoms with Crippen LogP contribution in [0.5, 0.6) is 0 Å². The molecule has 2 amide bonds. The van der Waals surface area contributed by atoms with Crippen LogP contribution in [0, 0.1) is 17.8 Å². The van der Waals surface area contributed by atoms with Crippen LogP contribution in [0.15, 0.2) is 0 Å². The molecule has 9 heteroatoms. The minimum absolute atomic E-state index is 0.408. The first kappa shape index (κ1) is 26.0. The van der Waals surface area contributed by atoms with Gasteiger partial charge in [0, 0.05) is 13.8 Å². The molecule has 188 valence electrons. The van der Waals surface area contributed by atoms with Crippen molar-refractivity contribution in [3.8, 4) is 0 Å². The Balaban J connectivity index is 2.16. The molecule has 5 fully saturated rings. The second-order valence-electron chi connectivity index (χ2n) is 10.1. The maximum atomic E-state index is 13.7. The van der Waals surface area contributed by atoms with Gasteiger partial charge in [0.25, 0.3) is 0 Å². The van der Waals surface area contributed by atoms with Crippen LogP contribution < -0.4 is 0 Å². The Kier molecular flexibility index (Phi) is 7.93. The van der Waals surface area contributed by atoms with Crippen molar-refractivity contribution in [3.05, 3.63) is 0 Å². The molecule has 0 spiro atoms. The lowest BCUT2D eigenvalue weighted by molar-refractivity contribution is -0.188. The number of ketones is 2. The van der Waals surface area contributed by atoms with Gasteiger partial charge >= 0.3 is 11.9 Å². The van der Waals surface area contributed by atoms with E-state index >= 15 is 0 Å². The van der Waals surface area contributed by atoms with E-state index in [9.17, 15) is 28.8 Å². The number of imide groups is 1. The monoisotopic (exact) mass is 477 g/mol. The predicted molar refractivity (Wildman–Crippen MR) is 119 cm³/mol. The first-order valence-electron chi connectivity index (χ1n) is 12.2. The number of nitrogens with zero attached hydrogens (tertiary/aromatic N) is 1. The minimum Gasteiger partial charge on any atom is -0.462 e. The van der Waals surface area contributed by atoms with Crippen LogP contribution in [0.2, 0.25) is 0 Å². The second-order valence-corrected chi connectivity index (χ2v) is 10.1. The molecule has 0 aromatic rings. The third kappa shape index (κ3) is 4.93. The Morgan fingerprint density at radius 3 is 1.56 bits per heavy atom. The van der Waals surface area contributed by atoms with E-state index in [1.165, 1.54) is 0 Å². The summed E-state index contributed by atoms with van der Waals surface area (Å²) >= 11 is 0. The van der Waals surface area contributed by atoms with Crippen LogP contribution in [0.4, 0.5) is 0 Å². The summed E-state index contributed by atoms with van der Waals surface area (Å²) in [5, 5.41) is 0. The maximum Gasteiger partial charge on any atom is 0.342 e. The highest BCUT2D eigenvalue weighted by atomic mass is 16.6.